The average Bonchev–Trinajstić information content (AvgIpc) is 3.07. The quantitative estimate of drug-likeness (QED) is 0.876. The molecule has 0 aromatic carbocycles. The van der Waals surface area contributed by atoms with Crippen molar-refractivity contribution in [2.45, 2.75) is 71.6 Å². The zero-order chi connectivity index (χ0) is 14.7. The van der Waals surface area contributed by atoms with E-state index < -0.39 is 0 Å². The third-order valence-corrected chi connectivity index (χ3v) is 4.63. The Bertz CT molecular complexity index is 461. The second-order valence-electron chi connectivity index (χ2n) is 6.88. The molecule has 1 fully saturated rings. The summed E-state index contributed by atoms with van der Waals surface area (Å²) in [5, 5.41) is 3.43. The van der Waals surface area contributed by atoms with Gasteiger partial charge in [-0.2, -0.15) is 0 Å². The van der Waals surface area contributed by atoms with E-state index in [1.54, 1.807) is 0 Å². The summed E-state index contributed by atoms with van der Waals surface area (Å²) in [6.07, 6.45) is 7.88. The normalized spacial score (nSPS) is 19.4. The van der Waals surface area contributed by atoms with E-state index in [1.165, 1.54) is 42.9 Å². The van der Waals surface area contributed by atoms with Crippen LogP contribution in [0, 0.1) is 5.92 Å². The average molecular weight is 291 g/mol. The van der Waals surface area contributed by atoms with E-state index in [1.807, 2.05) is 0 Å². The van der Waals surface area contributed by atoms with Gasteiger partial charge in [0.2, 0.25) is 0 Å². The highest BCUT2D eigenvalue weighted by molar-refractivity contribution is 5.20. The lowest BCUT2D eigenvalue weighted by Crippen LogP contribution is -2.26. The number of aromatic nitrogens is 2. The fraction of sp³-hybridized carbons (Fsp3) is 0.824. The van der Waals surface area contributed by atoms with Crippen LogP contribution in [0.2, 0.25) is 0 Å². The van der Waals surface area contributed by atoms with Gasteiger partial charge in [0.15, 0.2) is 0 Å². The molecular weight excluding hydrogens is 262 g/mol. The molecule has 1 aliphatic heterocycles. The van der Waals surface area contributed by atoms with Crippen molar-refractivity contribution in [3.8, 4) is 0 Å². The van der Waals surface area contributed by atoms with Crippen molar-refractivity contribution in [1.82, 2.24) is 14.9 Å². The monoisotopic (exact) mass is 291 g/mol. The second kappa shape index (κ2) is 6.93. The molecule has 118 valence electrons. The number of hydrogen-bond acceptors (Lipinski definition) is 3. The van der Waals surface area contributed by atoms with Gasteiger partial charge in [-0.1, -0.05) is 26.7 Å². The van der Waals surface area contributed by atoms with Gasteiger partial charge in [-0.25, -0.2) is 4.98 Å². The van der Waals surface area contributed by atoms with E-state index >= 15 is 0 Å². The molecule has 1 N–H and O–H groups in total. The van der Waals surface area contributed by atoms with Gasteiger partial charge < -0.3 is 14.6 Å². The van der Waals surface area contributed by atoms with Crippen LogP contribution in [-0.4, -0.2) is 28.8 Å². The molecule has 21 heavy (non-hydrogen) atoms. The van der Waals surface area contributed by atoms with Crippen LogP contribution >= 0.6 is 0 Å². The predicted molar refractivity (Wildman–Crippen MR) is 84.4 cm³/mol. The van der Waals surface area contributed by atoms with Crippen LogP contribution in [0.5, 0.6) is 0 Å². The Hall–Kier alpha value is -0.870. The van der Waals surface area contributed by atoms with Crippen LogP contribution in [0.15, 0.2) is 0 Å². The lowest BCUT2D eigenvalue weighted by atomic mass is 10.1. The highest BCUT2D eigenvalue weighted by Crippen LogP contribution is 2.22. The van der Waals surface area contributed by atoms with Crippen molar-refractivity contribution in [3.05, 3.63) is 17.2 Å². The number of imidazole rings is 1. The van der Waals surface area contributed by atoms with Crippen molar-refractivity contribution in [1.29, 1.82) is 0 Å². The summed E-state index contributed by atoms with van der Waals surface area (Å²) in [6, 6.07) is 0. The van der Waals surface area contributed by atoms with Gasteiger partial charge in [-0.15, -0.1) is 0 Å². The van der Waals surface area contributed by atoms with Gasteiger partial charge in [0.05, 0.1) is 18.4 Å². The van der Waals surface area contributed by atoms with E-state index in [2.05, 4.69) is 23.7 Å². The summed E-state index contributed by atoms with van der Waals surface area (Å²) in [6.45, 7) is 8.35. The standard InChI is InChI=1S/C17H29N3O/c1-13(2)11-17-19-15-12-18-8-7-16(15)20(17)9-10-21-14-5-3-4-6-14/h13-14,18H,3-12H2,1-2H3. The summed E-state index contributed by atoms with van der Waals surface area (Å²) in [5.74, 6) is 1.91. The first-order valence-corrected chi connectivity index (χ1v) is 8.63. The van der Waals surface area contributed by atoms with E-state index in [-0.39, 0.29) is 0 Å². The maximum atomic E-state index is 6.06. The highest BCUT2D eigenvalue weighted by atomic mass is 16.5. The summed E-state index contributed by atoms with van der Waals surface area (Å²) in [4.78, 5) is 4.89. The Kier molecular flexibility index (Phi) is 4.96. The van der Waals surface area contributed by atoms with Gasteiger partial charge in [-0.3, -0.25) is 0 Å². The molecule has 0 saturated heterocycles. The molecule has 1 aromatic heterocycles. The lowest BCUT2D eigenvalue weighted by Gasteiger charge is -2.18. The number of hydrogen-bond donors (Lipinski definition) is 1. The third kappa shape index (κ3) is 3.67. The smallest absolute Gasteiger partial charge is 0.109 e. The summed E-state index contributed by atoms with van der Waals surface area (Å²) in [5.41, 5.74) is 2.71. The fourth-order valence-corrected chi connectivity index (χ4v) is 3.58. The Balaban J connectivity index is 1.67. The minimum Gasteiger partial charge on any atom is -0.376 e. The first-order valence-electron chi connectivity index (χ1n) is 8.63. The Morgan fingerprint density at radius 2 is 2.14 bits per heavy atom. The number of ether oxygens (including phenoxy) is 1. The Labute approximate surface area is 128 Å². The van der Waals surface area contributed by atoms with Crippen LogP contribution in [0.3, 0.4) is 0 Å². The van der Waals surface area contributed by atoms with E-state index in [9.17, 15) is 0 Å². The largest absolute Gasteiger partial charge is 0.376 e. The number of rotatable bonds is 6. The van der Waals surface area contributed by atoms with Gasteiger partial charge in [0, 0.05) is 38.2 Å². The van der Waals surface area contributed by atoms with Crippen molar-refractivity contribution >= 4 is 0 Å². The Morgan fingerprint density at radius 3 is 2.90 bits per heavy atom. The third-order valence-electron chi connectivity index (χ3n) is 4.63. The molecule has 1 aliphatic carbocycles. The van der Waals surface area contributed by atoms with Crippen LogP contribution in [0.25, 0.3) is 0 Å². The molecule has 2 aliphatic rings. The van der Waals surface area contributed by atoms with Crippen LogP contribution in [-0.2, 0) is 30.7 Å². The van der Waals surface area contributed by atoms with E-state index in [4.69, 9.17) is 9.72 Å². The Morgan fingerprint density at radius 1 is 1.33 bits per heavy atom. The molecule has 0 unspecified atom stereocenters. The van der Waals surface area contributed by atoms with E-state index in [0.29, 0.717) is 12.0 Å². The summed E-state index contributed by atoms with van der Waals surface area (Å²) in [7, 11) is 0. The van der Waals surface area contributed by atoms with Gasteiger partial charge >= 0.3 is 0 Å². The molecule has 4 heteroatoms. The number of nitrogens with zero attached hydrogens (tertiary/aromatic N) is 2. The predicted octanol–water partition coefficient (Wildman–Crippen LogP) is 2.69. The summed E-state index contributed by atoms with van der Waals surface area (Å²) < 4.78 is 8.51. The molecule has 0 atom stereocenters. The molecule has 1 saturated carbocycles. The molecule has 4 nitrogen and oxygen atoms in total. The van der Waals surface area contributed by atoms with E-state index in [0.717, 1.165) is 39.1 Å². The molecule has 1 aromatic rings. The molecule has 3 rings (SSSR count). The molecule has 0 bridgehead atoms. The molecule has 2 heterocycles. The van der Waals surface area contributed by atoms with Crippen molar-refractivity contribution in [3.63, 3.8) is 0 Å². The van der Waals surface area contributed by atoms with Crippen LogP contribution in [0.1, 0.15) is 56.7 Å². The fourth-order valence-electron chi connectivity index (χ4n) is 3.58. The first kappa shape index (κ1) is 15.0. The molecule has 0 radical (unpaired) electrons. The lowest BCUT2D eigenvalue weighted by molar-refractivity contribution is 0.0522. The molecule has 0 spiro atoms. The highest BCUT2D eigenvalue weighted by Gasteiger charge is 2.21. The number of nitrogens with one attached hydrogen (secondary N) is 1. The van der Waals surface area contributed by atoms with Gasteiger partial charge in [-0.05, 0) is 18.8 Å². The van der Waals surface area contributed by atoms with Crippen LogP contribution < -0.4 is 5.32 Å². The van der Waals surface area contributed by atoms with Crippen LogP contribution in [0.4, 0.5) is 0 Å². The zero-order valence-corrected chi connectivity index (χ0v) is 13.5. The number of fused-ring (bicyclic) bond motifs is 1. The zero-order valence-electron chi connectivity index (χ0n) is 13.5. The molecule has 0 amide bonds. The van der Waals surface area contributed by atoms with Crippen molar-refractivity contribution in [2.75, 3.05) is 13.2 Å². The van der Waals surface area contributed by atoms with Gasteiger partial charge in [0.25, 0.3) is 0 Å². The maximum absolute atomic E-state index is 6.06. The topological polar surface area (TPSA) is 39.1 Å². The maximum Gasteiger partial charge on any atom is 0.109 e. The van der Waals surface area contributed by atoms with Gasteiger partial charge in [0.1, 0.15) is 5.82 Å². The minimum absolute atomic E-state index is 0.513. The SMILES string of the molecule is CC(C)Cc1nc2c(n1CCOC1CCCC1)CCNC2. The molecular formula is C17H29N3O. The van der Waals surface area contributed by atoms with Crippen molar-refractivity contribution in [2.24, 2.45) is 5.92 Å². The second-order valence-corrected chi connectivity index (χ2v) is 6.88. The first-order chi connectivity index (χ1) is 10.2. The summed E-state index contributed by atoms with van der Waals surface area (Å²) >= 11 is 0. The minimum atomic E-state index is 0.513. The van der Waals surface area contributed by atoms with Crippen molar-refractivity contribution < 1.29 is 4.74 Å².